The highest BCUT2D eigenvalue weighted by Crippen LogP contribution is 2.16. The summed E-state index contributed by atoms with van der Waals surface area (Å²) in [5.41, 5.74) is 2.14. The molecule has 3 heterocycles. The summed E-state index contributed by atoms with van der Waals surface area (Å²) in [6, 6.07) is 1.90. The molecular formula is C15H22N4O. The minimum Gasteiger partial charge on any atom is -0.377 e. The van der Waals surface area contributed by atoms with Gasteiger partial charge in [0.05, 0.1) is 12.3 Å². The van der Waals surface area contributed by atoms with Crippen molar-refractivity contribution in [1.82, 2.24) is 19.5 Å². The van der Waals surface area contributed by atoms with Crippen LogP contribution in [-0.4, -0.2) is 45.3 Å². The molecule has 0 amide bonds. The number of rotatable bonds is 5. The van der Waals surface area contributed by atoms with E-state index >= 15 is 0 Å². The third-order valence-electron chi connectivity index (χ3n) is 3.93. The number of nitrogens with zero attached hydrogens (tertiary/aromatic N) is 4. The maximum absolute atomic E-state index is 5.84. The second-order valence-corrected chi connectivity index (χ2v) is 5.37. The van der Waals surface area contributed by atoms with Crippen molar-refractivity contribution in [2.24, 2.45) is 0 Å². The molecule has 1 saturated heterocycles. The van der Waals surface area contributed by atoms with Crippen LogP contribution in [0, 0.1) is 0 Å². The maximum atomic E-state index is 5.84. The third-order valence-corrected chi connectivity index (χ3v) is 3.93. The highest BCUT2D eigenvalue weighted by molar-refractivity contribution is 5.45. The molecule has 1 atom stereocenters. The second kappa shape index (κ2) is 6.33. The highest BCUT2D eigenvalue weighted by atomic mass is 16.5. The minimum absolute atomic E-state index is 0.387. The summed E-state index contributed by atoms with van der Waals surface area (Å²) in [6.07, 6.45) is 9.75. The molecule has 2 aromatic heterocycles. The molecule has 0 N–H and O–H groups in total. The maximum Gasteiger partial charge on any atom is 0.159 e. The van der Waals surface area contributed by atoms with Crippen LogP contribution in [0.1, 0.15) is 31.7 Å². The average Bonchev–Trinajstić information content (AvgIpc) is 2.91. The molecule has 20 heavy (non-hydrogen) atoms. The number of aromatic nitrogens is 3. The fraction of sp³-hybridized carbons (Fsp3) is 0.600. The Hall–Kier alpha value is -1.46. The van der Waals surface area contributed by atoms with Crippen LogP contribution in [0.3, 0.4) is 0 Å². The lowest BCUT2D eigenvalue weighted by Crippen LogP contribution is -2.35. The predicted molar refractivity (Wildman–Crippen MR) is 77.5 cm³/mol. The number of hydrogen-bond donors (Lipinski definition) is 0. The second-order valence-electron chi connectivity index (χ2n) is 5.37. The van der Waals surface area contributed by atoms with Gasteiger partial charge in [0.25, 0.3) is 0 Å². The number of likely N-dealkylation sites (N-methyl/N-ethyl adjacent to an activating group) is 1. The fourth-order valence-electron chi connectivity index (χ4n) is 2.77. The van der Waals surface area contributed by atoms with Gasteiger partial charge in [0.1, 0.15) is 0 Å². The van der Waals surface area contributed by atoms with E-state index in [0.717, 1.165) is 31.9 Å². The van der Waals surface area contributed by atoms with E-state index in [0.29, 0.717) is 6.10 Å². The van der Waals surface area contributed by atoms with Crippen LogP contribution >= 0.6 is 0 Å². The predicted octanol–water partition coefficient (Wildman–Crippen LogP) is 2.12. The summed E-state index contributed by atoms with van der Waals surface area (Å²) in [5.74, 6) is 0. The van der Waals surface area contributed by atoms with Crippen LogP contribution in [0.2, 0.25) is 0 Å². The van der Waals surface area contributed by atoms with Crippen molar-refractivity contribution in [3.8, 4) is 0 Å². The summed E-state index contributed by atoms with van der Waals surface area (Å²) >= 11 is 0. The van der Waals surface area contributed by atoms with Gasteiger partial charge in [-0.2, -0.15) is 5.10 Å². The van der Waals surface area contributed by atoms with Gasteiger partial charge in [-0.1, -0.05) is 6.92 Å². The van der Waals surface area contributed by atoms with E-state index in [2.05, 4.69) is 21.9 Å². The van der Waals surface area contributed by atoms with Crippen LogP contribution in [0.5, 0.6) is 0 Å². The Morgan fingerprint density at radius 2 is 2.40 bits per heavy atom. The Morgan fingerprint density at radius 3 is 3.20 bits per heavy atom. The van der Waals surface area contributed by atoms with Crippen molar-refractivity contribution < 1.29 is 4.74 Å². The van der Waals surface area contributed by atoms with Crippen LogP contribution in [0.4, 0.5) is 0 Å². The lowest BCUT2D eigenvalue weighted by molar-refractivity contribution is -0.00618. The molecule has 1 fully saturated rings. The molecule has 1 aliphatic rings. The molecule has 3 rings (SSSR count). The number of ether oxygens (including phenoxy) is 1. The summed E-state index contributed by atoms with van der Waals surface area (Å²) < 4.78 is 7.67. The number of fused-ring (bicyclic) bond motifs is 1. The van der Waals surface area contributed by atoms with Gasteiger partial charge in [0.15, 0.2) is 5.65 Å². The van der Waals surface area contributed by atoms with Crippen molar-refractivity contribution in [3.63, 3.8) is 0 Å². The van der Waals surface area contributed by atoms with Gasteiger partial charge in [-0.25, -0.2) is 9.50 Å². The number of hydrogen-bond acceptors (Lipinski definition) is 4. The first-order valence-corrected chi connectivity index (χ1v) is 7.48. The summed E-state index contributed by atoms with van der Waals surface area (Å²) in [5, 5.41) is 4.35. The molecule has 5 nitrogen and oxygen atoms in total. The van der Waals surface area contributed by atoms with Gasteiger partial charge < -0.3 is 4.74 Å². The van der Waals surface area contributed by atoms with E-state index < -0.39 is 0 Å². The SMILES string of the molecule is CCN(Cc1cnn2cccnc12)CC1CCCCO1. The summed E-state index contributed by atoms with van der Waals surface area (Å²) in [7, 11) is 0. The topological polar surface area (TPSA) is 42.7 Å². The molecule has 1 aliphatic heterocycles. The zero-order valence-corrected chi connectivity index (χ0v) is 12.0. The molecule has 0 spiro atoms. The molecule has 0 aromatic carbocycles. The Kier molecular flexibility index (Phi) is 4.28. The first-order valence-electron chi connectivity index (χ1n) is 7.48. The Bertz CT molecular complexity index is 548. The summed E-state index contributed by atoms with van der Waals surface area (Å²) in [6.45, 7) is 6.02. The zero-order chi connectivity index (χ0) is 13.8. The van der Waals surface area contributed by atoms with Gasteiger partial charge in [-0.15, -0.1) is 0 Å². The van der Waals surface area contributed by atoms with Crippen LogP contribution in [0.25, 0.3) is 5.65 Å². The summed E-state index contributed by atoms with van der Waals surface area (Å²) in [4.78, 5) is 6.84. The average molecular weight is 274 g/mol. The van der Waals surface area contributed by atoms with E-state index in [-0.39, 0.29) is 0 Å². The lowest BCUT2D eigenvalue weighted by atomic mass is 10.1. The van der Waals surface area contributed by atoms with Crippen molar-refractivity contribution in [2.45, 2.75) is 38.8 Å². The lowest BCUT2D eigenvalue weighted by Gasteiger charge is -2.28. The minimum atomic E-state index is 0.387. The standard InChI is InChI=1S/C15H22N4O/c1-2-18(12-14-6-3-4-9-20-14)11-13-10-17-19-8-5-7-16-15(13)19/h5,7-8,10,14H,2-4,6,9,11-12H2,1H3. The molecule has 0 bridgehead atoms. The van der Waals surface area contributed by atoms with Crippen LogP contribution in [-0.2, 0) is 11.3 Å². The van der Waals surface area contributed by atoms with E-state index in [1.165, 1.54) is 24.8 Å². The van der Waals surface area contributed by atoms with Crippen molar-refractivity contribution in [1.29, 1.82) is 0 Å². The Labute approximate surface area is 119 Å². The Morgan fingerprint density at radius 1 is 1.45 bits per heavy atom. The molecule has 0 radical (unpaired) electrons. The third kappa shape index (κ3) is 2.99. The zero-order valence-electron chi connectivity index (χ0n) is 12.0. The highest BCUT2D eigenvalue weighted by Gasteiger charge is 2.18. The van der Waals surface area contributed by atoms with Gasteiger partial charge in [0.2, 0.25) is 0 Å². The fourth-order valence-corrected chi connectivity index (χ4v) is 2.77. The molecule has 108 valence electrons. The first-order chi connectivity index (χ1) is 9.86. The van der Waals surface area contributed by atoms with E-state index in [4.69, 9.17) is 4.74 Å². The smallest absolute Gasteiger partial charge is 0.159 e. The monoisotopic (exact) mass is 274 g/mol. The quantitative estimate of drug-likeness (QED) is 0.837. The van der Waals surface area contributed by atoms with Crippen molar-refractivity contribution in [2.75, 3.05) is 19.7 Å². The van der Waals surface area contributed by atoms with E-state index in [1.807, 2.05) is 29.2 Å². The van der Waals surface area contributed by atoms with Gasteiger partial charge >= 0.3 is 0 Å². The normalized spacial score (nSPS) is 19.8. The van der Waals surface area contributed by atoms with Crippen molar-refractivity contribution >= 4 is 5.65 Å². The van der Waals surface area contributed by atoms with Gasteiger partial charge in [-0.05, 0) is 31.9 Å². The molecule has 1 unspecified atom stereocenters. The van der Waals surface area contributed by atoms with E-state index in [1.54, 1.807) is 0 Å². The molecule has 0 saturated carbocycles. The molecule has 0 aliphatic carbocycles. The van der Waals surface area contributed by atoms with Gasteiger partial charge in [0, 0.05) is 37.7 Å². The van der Waals surface area contributed by atoms with Gasteiger partial charge in [-0.3, -0.25) is 4.90 Å². The van der Waals surface area contributed by atoms with Crippen LogP contribution < -0.4 is 0 Å². The Balaban J connectivity index is 1.67. The van der Waals surface area contributed by atoms with E-state index in [9.17, 15) is 0 Å². The molecular weight excluding hydrogens is 252 g/mol. The molecule has 5 heteroatoms. The first kappa shape index (κ1) is 13.5. The molecule has 2 aromatic rings. The van der Waals surface area contributed by atoms with Crippen molar-refractivity contribution in [3.05, 3.63) is 30.2 Å². The largest absolute Gasteiger partial charge is 0.377 e. The van der Waals surface area contributed by atoms with Crippen LogP contribution in [0.15, 0.2) is 24.7 Å².